The quantitative estimate of drug-likeness (QED) is 0.837. The summed E-state index contributed by atoms with van der Waals surface area (Å²) in [6.45, 7) is 5.09. The van der Waals surface area contributed by atoms with Crippen molar-refractivity contribution in [3.63, 3.8) is 0 Å². The first-order chi connectivity index (χ1) is 10.1. The number of hydrogen-bond donors (Lipinski definition) is 2. The molecule has 0 saturated carbocycles. The van der Waals surface area contributed by atoms with E-state index in [4.69, 9.17) is 4.74 Å². The molecule has 0 aliphatic carbocycles. The van der Waals surface area contributed by atoms with E-state index in [1.807, 2.05) is 18.2 Å². The van der Waals surface area contributed by atoms with E-state index >= 15 is 0 Å². The molecule has 6 heteroatoms. The maximum atomic E-state index is 11.6. The molecule has 0 saturated heterocycles. The van der Waals surface area contributed by atoms with Crippen LogP contribution in [-0.2, 0) is 17.7 Å². The molecule has 6 nitrogen and oxygen atoms in total. The van der Waals surface area contributed by atoms with Gasteiger partial charge in [0.05, 0.1) is 7.11 Å². The van der Waals surface area contributed by atoms with Gasteiger partial charge in [-0.05, 0) is 29.7 Å². The van der Waals surface area contributed by atoms with Gasteiger partial charge >= 0.3 is 12.1 Å². The first kappa shape index (κ1) is 14.9. The summed E-state index contributed by atoms with van der Waals surface area (Å²) < 4.78 is 4.74. The highest BCUT2D eigenvalue weighted by Gasteiger charge is 2.21. The number of fused-ring (bicyclic) bond motifs is 1. The molecule has 3 amide bonds. The average molecular weight is 289 g/mol. The van der Waals surface area contributed by atoms with Crippen LogP contribution < -0.4 is 10.6 Å². The number of ether oxygens (including phenoxy) is 1. The summed E-state index contributed by atoms with van der Waals surface area (Å²) in [6, 6.07) is 5.45. The van der Waals surface area contributed by atoms with Gasteiger partial charge in [-0.25, -0.2) is 9.59 Å². The first-order valence-electron chi connectivity index (χ1n) is 6.74. The summed E-state index contributed by atoms with van der Waals surface area (Å²) in [5.74, 6) is 0. The number of urea groups is 1. The predicted octanol–water partition coefficient (Wildman–Crippen LogP) is 2.12. The largest absolute Gasteiger partial charge is 0.453 e. The Kier molecular flexibility index (Phi) is 4.81. The Bertz CT molecular complexity index is 557. The number of benzene rings is 1. The second-order valence-electron chi connectivity index (χ2n) is 4.75. The molecule has 21 heavy (non-hydrogen) atoms. The summed E-state index contributed by atoms with van der Waals surface area (Å²) in [6.07, 6.45) is 2.07. The fraction of sp³-hybridized carbons (Fsp3) is 0.333. The van der Waals surface area contributed by atoms with Crippen LogP contribution in [0.4, 0.5) is 15.3 Å². The van der Waals surface area contributed by atoms with Crippen LogP contribution in [0.1, 0.15) is 11.1 Å². The number of methoxy groups -OCH3 is 1. The van der Waals surface area contributed by atoms with Crippen LogP contribution in [0.2, 0.25) is 0 Å². The molecule has 0 radical (unpaired) electrons. The van der Waals surface area contributed by atoms with Crippen LogP contribution in [0.15, 0.2) is 30.9 Å². The number of nitrogens with one attached hydrogen (secondary N) is 2. The van der Waals surface area contributed by atoms with Gasteiger partial charge in [0.2, 0.25) is 0 Å². The third-order valence-corrected chi connectivity index (χ3v) is 3.32. The second kappa shape index (κ2) is 6.78. The van der Waals surface area contributed by atoms with E-state index in [1.54, 1.807) is 11.0 Å². The first-order valence-corrected chi connectivity index (χ1v) is 6.74. The molecule has 1 heterocycles. The van der Waals surface area contributed by atoms with Crippen molar-refractivity contribution >= 4 is 17.8 Å². The normalized spacial score (nSPS) is 13.1. The molecule has 2 rings (SSSR count). The van der Waals surface area contributed by atoms with Gasteiger partial charge in [-0.1, -0.05) is 12.1 Å². The summed E-state index contributed by atoms with van der Waals surface area (Å²) in [5, 5.41) is 5.40. The van der Waals surface area contributed by atoms with Crippen molar-refractivity contribution in [2.75, 3.05) is 25.5 Å². The van der Waals surface area contributed by atoms with Gasteiger partial charge in [0.15, 0.2) is 0 Å². The molecular formula is C15H19N3O3. The van der Waals surface area contributed by atoms with Crippen molar-refractivity contribution < 1.29 is 14.3 Å². The van der Waals surface area contributed by atoms with Gasteiger partial charge in [-0.15, -0.1) is 6.58 Å². The van der Waals surface area contributed by atoms with Crippen molar-refractivity contribution in [2.24, 2.45) is 0 Å². The molecule has 0 aromatic heterocycles. The third kappa shape index (κ3) is 3.75. The summed E-state index contributed by atoms with van der Waals surface area (Å²) in [5.41, 5.74) is 2.91. The SMILES string of the molecule is C=CCNC(=O)Nc1ccc2c(c1)CN(C(=O)OC)CC2. The monoisotopic (exact) mass is 289 g/mol. The van der Waals surface area contributed by atoms with Gasteiger partial charge in [0.25, 0.3) is 0 Å². The van der Waals surface area contributed by atoms with Gasteiger partial charge in [0, 0.05) is 25.3 Å². The van der Waals surface area contributed by atoms with Gasteiger partial charge in [0.1, 0.15) is 0 Å². The molecule has 2 N–H and O–H groups in total. The maximum Gasteiger partial charge on any atom is 0.409 e. The molecule has 1 aliphatic heterocycles. The van der Waals surface area contributed by atoms with Crippen LogP contribution in [0.5, 0.6) is 0 Å². The van der Waals surface area contributed by atoms with Gasteiger partial charge in [-0.3, -0.25) is 0 Å². The molecule has 1 aromatic carbocycles. The maximum absolute atomic E-state index is 11.6. The van der Waals surface area contributed by atoms with Crippen LogP contribution >= 0.6 is 0 Å². The molecule has 0 fully saturated rings. The number of carbonyl (C=O) groups is 2. The molecule has 1 aliphatic rings. The lowest BCUT2D eigenvalue weighted by atomic mass is 9.99. The van der Waals surface area contributed by atoms with Crippen LogP contribution in [0, 0.1) is 0 Å². The predicted molar refractivity (Wildman–Crippen MR) is 80.2 cm³/mol. The third-order valence-electron chi connectivity index (χ3n) is 3.32. The standard InChI is InChI=1S/C15H19N3O3/c1-3-7-16-14(19)17-13-5-4-11-6-8-18(15(20)21-2)10-12(11)9-13/h3-5,9H,1,6-8,10H2,2H3,(H2,16,17,19). The van der Waals surface area contributed by atoms with Crippen LogP contribution in [0.3, 0.4) is 0 Å². The highest BCUT2D eigenvalue weighted by Crippen LogP contribution is 2.23. The molecule has 0 bridgehead atoms. The van der Waals surface area contributed by atoms with Crippen molar-refractivity contribution in [1.29, 1.82) is 0 Å². The smallest absolute Gasteiger partial charge is 0.409 e. The fourth-order valence-electron chi connectivity index (χ4n) is 2.26. The van der Waals surface area contributed by atoms with E-state index < -0.39 is 0 Å². The zero-order chi connectivity index (χ0) is 15.2. The van der Waals surface area contributed by atoms with E-state index in [0.717, 1.165) is 12.0 Å². The van der Waals surface area contributed by atoms with Crippen molar-refractivity contribution in [3.8, 4) is 0 Å². The Morgan fingerprint density at radius 2 is 2.24 bits per heavy atom. The number of carbonyl (C=O) groups excluding carboxylic acids is 2. The van der Waals surface area contributed by atoms with Gasteiger partial charge in [-0.2, -0.15) is 0 Å². The summed E-state index contributed by atoms with van der Waals surface area (Å²) >= 11 is 0. The number of anilines is 1. The molecule has 0 spiro atoms. The molecule has 0 unspecified atom stereocenters. The molecular weight excluding hydrogens is 270 g/mol. The zero-order valence-corrected chi connectivity index (χ0v) is 12.0. The fourth-order valence-corrected chi connectivity index (χ4v) is 2.26. The minimum atomic E-state index is -0.331. The highest BCUT2D eigenvalue weighted by molar-refractivity contribution is 5.89. The average Bonchev–Trinajstić information content (AvgIpc) is 2.51. The number of nitrogens with zero attached hydrogens (tertiary/aromatic N) is 1. The van der Waals surface area contributed by atoms with E-state index in [1.165, 1.54) is 12.7 Å². The van der Waals surface area contributed by atoms with E-state index in [2.05, 4.69) is 17.2 Å². The number of amides is 3. The minimum Gasteiger partial charge on any atom is -0.453 e. The minimum absolute atomic E-state index is 0.282. The Morgan fingerprint density at radius 1 is 1.43 bits per heavy atom. The Hall–Kier alpha value is -2.50. The Labute approximate surface area is 123 Å². The lowest BCUT2D eigenvalue weighted by Crippen LogP contribution is -2.36. The zero-order valence-electron chi connectivity index (χ0n) is 12.0. The Balaban J connectivity index is 2.06. The Morgan fingerprint density at radius 3 is 2.95 bits per heavy atom. The lowest BCUT2D eigenvalue weighted by Gasteiger charge is -2.28. The van der Waals surface area contributed by atoms with E-state index in [-0.39, 0.29) is 12.1 Å². The molecule has 112 valence electrons. The van der Waals surface area contributed by atoms with Crippen LogP contribution in [0.25, 0.3) is 0 Å². The van der Waals surface area contributed by atoms with Crippen LogP contribution in [-0.4, -0.2) is 37.2 Å². The summed E-state index contributed by atoms with van der Waals surface area (Å²) in [4.78, 5) is 24.8. The van der Waals surface area contributed by atoms with E-state index in [9.17, 15) is 9.59 Å². The van der Waals surface area contributed by atoms with Gasteiger partial charge < -0.3 is 20.3 Å². The number of hydrogen-bond acceptors (Lipinski definition) is 3. The lowest BCUT2D eigenvalue weighted by molar-refractivity contribution is 0.118. The van der Waals surface area contributed by atoms with Crippen molar-refractivity contribution in [1.82, 2.24) is 10.2 Å². The number of rotatable bonds is 3. The topological polar surface area (TPSA) is 70.7 Å². The van der Waals surface area contributed by atoms with Crippen molar-refractivity contribution in [3.05, 3.63) is 42.0 Å². The van der Waals surface area contributed by atoms with Crippen molar-refractivity contribution in [2.45, 2.75) is 13.0 Å². The highest BCUT2D eigenvalue weighted by atomic mass is 16.5. The summed E-state index contributed by atoms with van der Waals surface area (Å²) in [7, 11) is 1.37. The second-order valence-corrected chi connectivity index (χ2v) is 4.75. The molecule has 0 atom stereocenters. The van der Waals surface area contributed by atoms with E-state index in [0.29, 0.717) is 25.3 Å². The molecule has 1 aromatic rings.